The molecule has 0 aliphatic heterocycles. The molecule has 1 aromatic rings. The molecule has 20 heavy (non-hydrogen) atoms. The Kier molecular flexibility index (Phi) is 4.43. The van der Waals surface area contributed by atoms with Gasteiger partial charge in [0.05, 0.1) is 12.7 Å². The summed E-state index contributed by atoms with van der Waals surface area (Å²) in [6.07, 6.45) is 4.63. The molecular formula is C16H23FN2O. The molecule has 0 saturated heterocycles. The number of nitrogen functional groups attached to an aromatic ring is 1. The normalized spacial score (nSPS) is 18.9. The van der Waals surface area contributed by atoms with E-state index in [-0.39, 0.29) is 24.4 Å². The molecule has 0 atom stereocenters. The van der Waals surface area contributed by atoms with E-state index in [1.165, 1.54) is 6.07 Å². The first kappa shape index (κ1) is 15.0. The van der Waals surface area contributed by atoms with Gasteiger partial charge in [0.25, 0.3) is 0 Å². The molecule has 110 valence electrons. The van der Waals surface area contributed by atoms with Gasteiger partial charge in [-0.2, -0.15) is 0 Å². The molecule has 4 heteroatoms. The fourth-order valence-corrected chi connectivity index (χ4v) is 2.58. The number of amidine groups is 1. The Morgan fingerprint density at radius 1 is 1.40 bits per heavy atom. The van der Waals surface area contributed by atoms with Gasteiger partial charge in [-0.05, 0) is 37.2 Å². The lowest BCUT2D eigenvalue weighted by atomic mass is 9.76. The quantitative estimate of drug-likeness (QED) is 0.653. The second-order valence-electron chi connectivity index (χ2n) is 6.39. The van der Waals surface area contributed by atoms with Gasteiger partial charge >= 0.3 is 0 Å². The molecule has 1 fully saturated rings. The van der Waals surface area contributed by atoms with E-state index in [1.807, 2.05) is 0 Å². The van der Waals surface area contributed by atoms with Gasteiger partial charge in [0, 0.05) is 11.1 Å². The molecule has 1 aromatic carbocycles. The van der Waals surface area contributed by atoms with Gasteiger partial charge < -0.3 is 10.5 Å². The number of nitrogens with one attached hydrogen (secondary N) is 1. The third-order valence-corrected chi connectivity index (χ3v) is 4.12. The topological polar surface area (TPSA) is 59.1 Å². The average Bonchev–Trinajstić information content (AvgIpc) is 2.38. The van der Waals surface area contributed by atoms with Crippen molar-refractivity contribution >= 4 is 5.84 Å². The van der Waals surface area contributed by atoms with Crippen LogP contribution in [0.3, 0.4) is 0 Å². The van der Waals surface area contributed by atoms with E-state index in [2.05, 4.69) is 13.8 Å². The van der Waals surface area contributed by atoms with Crippen molar-refractivity contribution in [2.24, 2.45) is 11.1 Å². The summed E-state index contributed by atoms with van der Waals surface area (Å²) in [4.78, 5) is 0. The van der Waals surface area contributed by atoms with E-state index in [0.717, 1.165) is 25.7 Å². The Hall–Kier alpha value is -1.42. The first-order valence-corrected chi connectivity index (χ1v) is 7.12. The summed E-state index contributed by atoms with van der Waals surface area (Å²) in [6.45, 7) is 4.85. The summed E-state index contributed by atoms with van der Waals surface area (Å²) < 4.78 is 19.7. The lowest BCUT2D eigenvalue weighted by Gasteiger charge is -2.34. The Morgan fingerprint density at radius 2 is 2.05 bits per heavy atom. The number of halogens is 1. The van der Waals surface area contributed by atoms with Crippen LogP contribution >= 0.6 is 0 Å². The van der Waals surface area contributed by atoms with Crippen LogP contribution in [-0.2, 0) is 11.3 Å². The lowest BCUT2D eigenvalue weighted by Crippen LogP contribution is -2.26. The van der Waals surface area contributed by atoms with Crippen LogP contribution in [0, 0.1) is 16.6 Å². The zero-order valence-electron chi connectivity index (χ0n) is 12.2. The highest BCUT2D eigenvalue weighted by molar-refractivity contribution is 5.94. The minimum atomic E-state index is -0.353. The van der Waals surface area contributed by atoms with Gasteiger partial charge in [-0.3, -0.25) is 5.41 Å². The molecule has 1 aliphatic rings. The Morgan fingerprint density at radius 3 is 2.60 bits per heavy atom. The average molecular weight is 278 g/mol. The second kappa shape index (κ2) is 5.92. The molecule has 0 bridgehead atoms. The second-order valence-corrected chi connectivity index (χ2v) is 6.39. The highest BCUT2D eigenvalue weighted by Crippen LogP contribution is 2.36. The van der Waals surface area contributed by atoms with Gasteiger partial charge in [-0.25, -0.2) is 4.39 Å². The predicted molar refractivity (Wildman–Crippen MR) is 78.2 cm³/mol. The van der Waals surface area contributed by atoms with Crippen molar-refractivity contribution in [3.63, 3.8) is 0 Å². The maximum atomic E-state index is 13.9. The van der Waals surface area contributed by atoms with Gasteiger partial charge in [0.1, 0.15) is 11.7 Å². The predicted octanol–water partition coefficient (Wildman–Crippen LogP) is 3.60. The summed E-state index contributed by atoms with van der Waals surface area (Å²) >= 11 is 0. The molecule has 0 spiro atoms. The molecule has 1 aliphatic carbocycles. The van der Waals surface area contributed by atoms with Crippen molar-refractivity contribution in [1.82, 2.24) is 0 Å². The number of rotatable bonds is 4. The first-order chi connectivity index (χ1) is 9.37. The van der Waals surface area contributed by atoms with Crippen LogP contribution in [0.4, 0.5) is 4.39 Å². The van der Waals surface area contributed by atoms with Crippen LogP contribution in [0.2, 0.25) is 0 Å². The SMILES string of the molecule is CC1(C)CCC(OCc2ccc(C(=N)N)cc2F)CC1. The third kappa shape index (κ3) is 3.79. The molecule has 0 amide bonds. The van der Waals surface area contributed by atoms with Gasteiger partial charge in [-0.15, -0.1) is 0 Å². The summed E-state index contributed by atoms with van der Waals surface area (Å²) in [5.74, 6) is -0.472. The highest BCUT2D eigenvalue weighted by Gasteiger charge is 2.27. The van der Waals surface area contributed by atoms with E-state index >= 15 is 0 Å². The Balaban J connectivity index is 1.90. The van der Waals surface area contributed by atoms with E-state index in [9.17, 15) is 4.39 Å². The molecule has 0 radical (unpaired) electrons. The van der Waals surface area contributed by atoms with Crippen molar-refractivity contribution in [2.75, 3.05) is 0 Å². The molecule has 1 saturated carbocycles. The molecule has 0 unspecified atom stereocenters. The number of hydrogen-bond acceptors (Lipinski definition) is 2. The molecule has 3 N–H and O–H groups in total. The monoisotopic (exact) mass is 278 g/mol. The van der Waals surface area contributed by atoms with E-state index in [0.29, 0.717) is 16.5 Å². The zero-order chi connectivity index (χ0) is 14.8. The minimum absolute atomic E-state index is 0.120. The van der Waals surface area contributed by atoms with Crippen LogP contribution in [-0.4, -0.2) is 11.9 Å². The maximum Gasteiger partial charge on any atom is 0.129 e. The van der Waals surface area contributed by atoms with Gasteiger partial charge in [-0.1, -0.05) is 26.0 Å². The largest absolute Gasteiger partial charge is 0.384 e. The summed E-state index contributed by atoms with van der Waals surface area (Å²) in [5.41, 5.74) is 6.68. The molecule has 0 heterocycles. The number of benzene rings is 1. The minimum Gasteiger partial charge on any atom is -0.384 e. The number of hydrogen-bond donors (Lipinski definition) is 2. The van der Waals surface area contributed by atoms with Crippen LogP contribution in [0.5, 0.6) is 0 Å². The van der Waals surface area contributed by atoms with Gasteiger partial charge in [0.15, 0.2) is 0 Å². The van der Waals surface area contributed by atoms with E-state index < -0.39 is 0 Å². The van der Waals surface area contributed by atoms with Gasteiger partial charge in [0.2, 0.25) is 0 Å². The van der Waals surface area contributed by atoms with Crippen LogP contribution < -0.4 is 5.73 Å². The van der Waals surface area contributed by atoms with Crippen molar-refractivity contribution in [2.45, 2.75) is 52.2 Å². The number of ether oxygens (including phenoxy) is 1. The molecule has 3 nitrogen and oxygen atoms in total. The van der Waals surface area contributed by atoms with Crippen LogP contribution in [0.15, 0.2) is 18.2 Å². The summed E-state index contributed by atoms with van der Waals surface area (Å²) in [6, 6.07) is 4.61. The van der Waals surface area contributed by atoms with Crippen LogP contribution in [0.1, 0.15) is 50.7 Å². The fourth-order valence-electron chi connectivity index (χ4n) is 2.58. The lowest BCUT2D eigenvalue weighted by molar-refractivity contribution is -0.00659. The van der Waals surface area contributed by atoms with Crippen molar-refractivity contribution < 1.29 is 9.13 Å². The van der Waals surface area contributed by atoms with Crippen molar-refractivity contribution in [3.05, 3.63) is 35.1 Å². The number of nitrogens with two attached hydrogens (primary N) is 1. The highest BCUT2D eigenvalue weighted by atomic mass is 19.1. The molecule has 0 aromatic heterocycles. The standard InChI is InChI=1S/C16H23FN2O/c1-16(2)7-5-13(6-8-16)20-10-12-4-3-11(15(18)19)9-14(12)17/h3-4,9,13H,5-8,10H2,1-2H3,(H3,18,19). The van der Waals surface area contributed by atoms with Crippen molar-refractivity contribution in [3.8, 4) is 0 Å². The van der Waals surface area contributed by atoms with Crippen LogP contribution in [0.25, 0.3) is 0 Å². The first-order valence-electron chi connectivity index (χ1n) is 7.12. The summed E-state index contributed by atoms with van der Waals surface area (Å²) in [5, 5.41) is 7.28. The smallest absolute Gasteiger partial charge is 0.129 e. The maximum absolute atomic E-state index is 13.9. The third-order valence-electron chi connectivity index (χ3n) is 4.12. The van der Waals surface area contributed by atoms with Crippen molar-refractivity contribution in [1.29, 1.82) is 5.41 Å². The Bertz CT molecular complexity index is 489. The van der Waals surface area contributed by atoms with E-state index in [4.69, 9.17) is 15.9 Å². The molecule has 2 rings (SSSR count). The fraction of sp³-hybridized carbons (Fsp3) is 0.562. The summed E-state index contributed by atoms with van der Waals surface area (Å²) in [7, 11) is 0. The van der Waals surface area contributed by atoms with E-state index in [1.54, 1.807) is 12.1 Å². The zero-order valence-corrected chi connectivity index (χ0v) is 12.2. The Labute approximate surface area is 119 Å². The molecular weight excluding hydrogens is 255 g/mol.